The number of pyridine rings is 1. The van der Waals surface area contributed by atoms with Crippen molar-refractivity contribution in [2.24, 2.45) is 0 Å². The Bertz CT molecular complexity index is 634. The van der Waals surface area contributed by atoms with Gasteiger partial charge in [-0.25, -0.2) is 9.78 Å². The number of nitrogens with one attached hydrogen (secondary N) is 1. The number of hydrogen-bond acceptors (Lipinski definition) is 5. The SMILES string of the molecule is CCOc1ncccc1NC(=O)N(C)Cc1c(C)noc1C. The average molecular weight is 304 g/mol. The lowest BCUT2D eigenvalue weighted by molar-refractivity contribution is 0.220. The van der Waals surface area contributed by atoms with Crippen molar-refractivity contribution < 1.29 is 14.1 Å². The van der Waals surface area contributed by atoms with E-state index in [9.17, 15) is 4.79 Å². The zero-order valence-electron chi connectivity index (χ0n) is 13.2. The molecule has 2 aromatic heterocycles. The second-order valence-electron chi connectivity index (χ2n) is 4.88. The van der Waals surface area contributed by atoms with Crippen LogP contribution in [0.5, 0.6) is 5.88 Å². The molecule has 0 radical (unpaired) electrons. The molecule has 0 spiro atoms. The van der Waals surface area contributed by atoms with Gasteiger partial charge in [-0.2, -0.15) is 0 Å². The van der Waals surface area contributed by atoms with Crippen LogP contribution in [-0.2, 0) is 6.54 Å². The number of rotatable bonds is 5. The van der Waals surface area contributed by atoms with Gasteiger partial charge in [-0.1, -0.05) is 5.16 Å². The molecule has 0 aliphatic heterocycles. The van der Waals surface area contributed by atoms with Crippen LogP contribution in [0.1, 0.15) is 23.9 Å². The van der Waals surface area contributed by atoms with E-state index in [-0.39, 0.29) is 6.03 Å². The van der Waals surface area contributed by atoms with Gasteiger partial charge < -0.3 is 19.5 Å². The lowest BCUT2D eigenvalue weighted by Crippen LogP contribution is -2.31. The van der Waals surface area contributed by atoms with Gasteiger partial charge >= 0.3 is 6.03 Å². The first-order chi connectivity index (χ1) is 10.5. The number of amides is 2. The van der Waals surface area contributed by atoms with E-state index in [0.29, 0.717) is 30.5 Å². The number of urea groups is 1. The normalized spacial score (nSPS) is 10.4. The molecule has 2 amide bonds. The molecule has 7 nitrogen and oxygen atoms in total. The topological polar surface area (TPSA) is 80.5 Å². The molecule has 0 aromatic carbocycles. The third-order valence-corrected chi connectivity index (χ3v) is 3.22. The zero-order chi connectivity index (χ0) is 16.1. The summed E-state index contributed by atoms with van der Waals surface area (Å²) in [5.74, 6) is 1.12. The highest BCUT2D eigenvalue weighted by atomic mass is 16.5. The molecule has 0 saturated heterocycles. The molecule has 0 aliphatic carbocycles. The van der Waals surface area contributed by atoms with Gasteiger partial charge in [-0.15, -0.1) is 0 Å². The molecular weight excluding hydrogens is 284 g/mol. The summed E-state index contributed by atoms with van der Waals surface area (Å²) in [7, 11) is 1.71. The Morgan fingerprint density at radius 3 is 2.86 bits per heavy atom. The molecule has 0 fully saturated rings. The highest BCUT2D eigenvalue weighted by Gasteiger charge is 2.17. The number of aromatic nitrogens is 2. The standard InChI is InChI=1S/C15H20N4O3/c1-5-21-14-13(7-6-8-16-14)17-15(20)19(4)9-12-10(2)18-22-11(12)3/h6-8H,5,9H2,1-4H3,(H,17,20). The summed E-state index contributed by atoms with van der Waals surface area (Å²) in [6, 6.07) is 3.24. The van der Waals surface area contributed by atoms with Crippen LogP contribution in [0.3, 0.4) is 0 Å². The van der Waals surface area contributed by atoms with Crippen molar-refractivity contribution in [3.8, 4) is 5.88 Å². The van der Waals surface area contributed by atoms with E-state index in [4.69, 9.17) is 9.26 Å². The van der Waals surface area contributed by atoms with E-state index < -0.39 is 0 Å². The molecule has 0 atom stereocenters. The second kappa shape index (κ2) is 6.93. The van der Waals surface area contributed by atoms with Crippen LogP contribution < -0.4 is 10.1 Å². The Hall–Kier alpha value is -2.57. The average Bonchev–Trinajstić information content (AvgIpc) is 2.81. The first-order valence-corrected chi connectivity index (χ1v) is 7.04. The van der Waals surface area contributed by atoms with Gasteiger partial charge in [0.05, 0.1) is 18.8 Å². The molecule has 2 heterocycles. The summed E-state index contributed by atoms with van der Waals surface area (Å²) in [5, 5.41) is 6.68. The van der Waals surface area contributed by atoms with Crippen LogP contribution in [0.15, 0.2) is 22.9 Å². The van der Waals surface area contributed by atoms with Crippen LogP contribution in [0.2, 0.25) is 0 Å². The molecule has 7 heteroatoms. The lowest BCUT2D eigenvalue weighted by atomic mass is 10.2. The van der Waals surface area contributed by atoms with Crippen LogP contribution >= 0.6 is 0 Å². The molecule has 0 aliphatic rings. The Morgan fingerprint density at radius 1 is 1.45 bits per heavy atom. The third kappa shape index (κ3) is 3.55. The molecular formula is C15H20N4O3. The number of carbonyl (C=O) groups is 1. The number of carbonyl (C=O) groups excluding carboxylic acids is 1. The number of ether oxygens (including phenoxy) is 1. The third-order valence-electron chi connectivity index (χ3n) is 3.22. The highest BCUT2D eigenvalue weighted by Crippen LogP contribution is 2.21. The zero-order valence-corrected chi connectivity index (χ0v) is 13.2. The Labute approximate surface area is 129 Å². The fraction of sp³-hybridized carbons (Fsp3) is 0.400. The monoisotopic (exact) mass is 304 g/mol. The number of hydrogen-bond donors (Lipinski definition) is 1. The van der Waals surface area contributed by atoms with E-state index in [0.717, 1.165) is 11.3 Å². The second-order valence-corrected chi connectivity index (χ2v) is 4.88. The van der Waals surface area contributed by atoms with Gasteiger partial charge in [0, 0.05) is 18.8 Å². The molecule has 118 valence electrons. The summed E-state index contributed by atoms with van der Waals surface area (Å²) in [6.45, 7) is 6.44. The van der Waals surface area contributed by atoms with Crippen LogP contribution in [-0.4, -0.2) is 34.7 Å². The van der Waals surface area contributed by atoms with E-state index in [1.165, 1.54) is 0 Å². The van der Waals surface area contributed by atoms with Gasteiger partial charge in [0.2, 0.25) is 5.88 Å². The molecule has 2 rings (SSSR count). The molecule has 22 heavy (non-hydrogen) atoms. The lowest BCUT2D eigenvalue weighted by Gasteiger charge is -2.18. The van der Waals surface area contributed by atoms with Crippen LogP contribution in [0.25, 0.3) is 0 Å². The number of anilines is 1. The van der Waals surface area contributed by atoms with Crippen molar-refractivity contribution in [1.82, 2.24) is 15.0 Å². The smallest absolute Gasteiger partial charge is 0.322 e. The van der Waals surface area contributed by atoms with Gasteiger partial charge in [0.1, 0.15) is 11.4 Å². The number of aryl methyl sites for hydroxylation is 2. The maximum atomic E-state index is 12.3. The first kappa shape index (κ1) is 15.8. The molecule has 0 bridgehead atoms. The van der Waals surface area contributed by atoms with Gasteiger partial charge in [0.15, 0.2) is 0 Å². The summed E-state index contributed by atoms with van der Waals surface area (Å²) < 4.78 is 10.5. The van der Waals surface area contributed by atoms with Crippen LogP contribution in [0.4, 0.5) is 10.5 Å². The predicted octanol–water partition coefficient (Wildman–Crippen LogP) is 2.75. The molecule has 0 saturated carbocycles. The predicted molar refractivity (Wildman–Crippen MR) is 81.9 cm³/mol. The van der Waals surface area contributed by atoms with Crippen molar-refractivity contribution in [1.29, 1.82) is 0 Å². The minimum Gasteiger partial charge on any atom is -0.476 e. The molecule has 2 aromatic rings. The summed E-state index contributed by atoms with van der Waals surface area (Å²) in [4.78, 5) is 18.0. The Morgan fingerprint density at radius 2 is 2.23 bits per heavy atom. The van der Waals surface area contributed by atoms with Gasteiger partial charge in [0.25, 0.3) is 0 Å². The number of nitrogens with zero attached hydrogens (tertiary/aromatic N) is 3. The van der Waals surface area contributed by atoms with Crippen molar-refractivity contribution >= 4 is 11.7 Å². The van der Waals surface area contributed by atoms with Crippen molar-refractivity contribution in [3.63, 3.8) is 0 Å². The quantitative estimate of drug-likeness (QED) is 0.918. The highest BCUT2D eigenvalue weighted by molar-refractivity contribution is 5.90. The maximum absolute atomic E-state index is 12.3. The van der Waals surface area contributed by atoms with Gasteiger partial charge in [-0.3, -0.25) is 0 Å². The van der Waals surface area contributed by atoms with E-state index in [1.54, 1.807) is 30.3 Å². The Kier molecular flexibility index (Phi) is 4.98. The largest absolute Gasteiger partial charge is 0.476 e. The fourth-order valence-corrected chi connectivity index (χ4v) is 1.98. The molecule has 1 N–H and O–H groups in total. The first-order valence-electron chi connectivity index (χ1n) is 7.04. The molecule has 0 unspecified atom stereocenters. The summed E-state index contributed by atoms with van der Waals surface area (Å²) in [5.41, 5.74) is 2.24. The van der Waals surface area contributed by atoms with E-state index in [1.807, 2.05) is 20.8 Å². The van der Waals surface area contributed by atoms with Crippen molar-refractivity contribution in [2.45, 2.75) is 27.3 Å². The van der Waals surface area contributed by atoms with Crippen molar-refractivity contribution in [3.05, 3.63) is 35.3 Å². The maximum Gasteiger partial charge on any atom is 0.322 e. The summed E-state index contributed by atoms with van der Waals surface area (Å²) in [6.07, 6.45) is 1.62. The fourth-order valence-electron chi connectivity index (χ4n) is 1.98. The van der Waals surface area contributed by atoms with Gasteiger partial charge in [-0.05, 0) is 32.9 Å². The minimum absolute atomic E-state index is 0.256. The minimum atomic E-state index is -0.256. The van der Waals surface area contributed by atoms with Crippen molar-refractivity contribution in [2.75, 3.05) is 19.0 Å². The van der Waals surface area contributed by atoms with E-state index >= 15 is 0 Å². The Balaban J connectivity index is 2.06. The van der Waals surface area contributed by atoms with E-state index in [2.05, 4.69) is 15.5 Å². The van der Waals surface area contributed by atoms with Crippen LogP contribution in [0, 0.1) is 13.8 Å². The summed E-state index contributed by atoms with van der Waals surface area (Å²) >= 11 is 0.